The Morgan fingerprint density at radius 2 is 1.79 bits per heavy atom. The monoisotopic (exact) mass is 348 g/mol. The highest BCUT2D eigenvalue weighted by Crippen LogP contribution is 2.44. The normalized spacial score (nSPS) is 10.3. The molecule has 0 spiro atoms. The Labute approximate surface area is 147 Å². The summed E-state index contributed by atoms with van der Waals surface area (Å²) in [6.45, 7) is 1.91. The van der Waals surface area contributed by atoms with E-state index in [-0.39, 0.29) is 10.8 Å². The van der Waals surface area contributed by atoms with Crippen LogP contribution in [-0.2, 0) is 6.42 Å². The van der Waals surface area contributed by atoms with Crippen molar-refractivity contribution in [3.05, 3.63) is 52.5 Å². The molecule has 0 heterocycles. The van der Waals surface area contributed by atoms with Gasteiger partial charge < -0.3 is 14.2 Å². The van der Waals surface area contributed by atoms with Crippen molar-refractivity contribution in [2.24, 2.45) is 0 Å². The van der Waals surface area contributed by atoms with Gasteiger partial charge in [0.2, 0.25) is 5.75 Å². The van der Waals surface area contributed by atoms with Crippen LogP contribution >= 0.6 is 11.6 Å². The first-order chi connectivity index (χ1) is 11.6. The molecular weight excluding hydrogens is 328 g/mol. The third-order valence-corrected chi connectivity index (χ3v) is 3.93. The lowest BCUT2D eigenvalue weighted by Gasteiger charge is -2.17. The van der Waals surface area contributed by atoms with Crippen LogP contribution in [0.4, 0.5) is 0 Å². The number of ketones is 1. The zero-order chi connectivity index (χ0) is 17.5. The molecule has 0 aliphatic carbocycles. The molecule has 0 aliphatic heterocycles. The van der Waals surface area contributed by atoms with Gasteiger partial charge in [0.05, 0.1) is 31.4 Å². The highest BCUT2D eigenvalue weighted by atomic mass is 35.5. The van der Waals surface area contributed by atoms with E-state index in [1.165, 1.54) is 26.7 Å². The van der Waals surface area contributed by atoms with Gasteiger partial charge in [-0.1, -0.05) is 41.9 Å². The zero-order valence-electron chi connectivity index (χ0n) is 14.1. The second-order valence-corrected chi connectivity index (χ2v) is 5.70. The van der Waals surface area contributed by atoms with Crippen molar-refractivity contribution < 1.29 is 19.0 Å². The van der Waals surface area contributed by atoms with Crippen molar-refractivity contribution in [2.45, 2.75) is 19.8 Å². The zero-order valence-corrected chi connectivity index (χ0v) is 14.9. The fourth-order valence-corrected chi connectivity index (χ4v) is 2.81. The average molecular weight is 349 g/mol. The minimum Gasteiger partial charge on any atom is -0.493 e. The molecule has 0 bridgehead atoms. The molecule has 0 unspecified atom stereocenters. The number of methoxy groups -OCH3 is 2. The molecule has 2 aromatic carbocycles. The molecule has 0 amide bonds. The van der Waals surface area contributed by atoms with E-state index >= 15 is 0 Å². The molecule has 2 aromatic rings. The molecule has 0 aromatic heterocycles. The molecule has 0 fully saturated rings. The van der Waals surface area contributed by atoms with E-state index in [1.807, 2.05) is 18.2 Å². The third-order valence-electron chi connectivity index (χ3n) is 3.63. The molecule has 2 rings (SSSR count). The molecule has 0 saturated carbocycles. The maximum atomic E-state index is 11.9. The van der Waals surface area contributed by atoms with Crippen molar-refractivity contribution in [1.29, 1.82) is 0 Å². The van der Waals surface area contributed by atoms with E-state index in [0.717, 1.165) is 12.8 Å². The van der Waals surface area contributed by atoms with Gasteiger partial charge in [0.25, 0.3) is 0 Å². The number of Topliss-reactive ketones (excluding diaryl/α,β-unsaturated/α-hetero) is 1. The van der Waals surface area contributed by atoms with Crippen LogP contribution in [0, 0.1) is 0 Å². The largest absolute Gasteiger partial charge is 0.493 e. The van der Waals surface area contributed by atoms with E-state index < -0.39 is 0 Å². The highest BCUT2D eigenvalue weighted by molar-refractivity contribution is 6.34. The van der Waals surface area contributed by atoms with Gasteiger partial charge in [-0.15, -0.1) is 0 Å². The second-order valence-electron chi connectivity index (χ2n) is 5.29. The molecule has 128 valence electrons. The third kappa shape index (κ3) is 4.20. The number of rotatable bonds is 8. The maximum absolute atomic E-state index is 11.9. The fourth-order valence-electron chi connectivity index (χ4n) is 2.49. The second kappa shape index (κ2) is 8.60. The van der Waals surface area contributed by atoms with Crippen LogP contribution in [0.5, 0.6) is 17.2 Å². The van der Waals surface area contributed by atoms with Crippen molar-refractivity contribution in [1.82, 2.24) is 0 Å². The Kier molecular flexibility index (Phi) is 6.50. The van der Waals surface area contributed by atoms with Crippen LogP contribution < -0.4 is 14.2 Å². The Bertz CT molecular complexity index is 698. The smallest absolute Gasteiger partial charge is 0.204 e. The molecule has 5 heteroatoms. The summed E-state index contributed by atoms with van der Waals surface area (Å²) in [5.41, 5.74) is 1.55. The first kappa shape index (κ1) is 18.1. The van der Waals surface area contributed by atoms with Crippen LogP contribution in [0.25, 0.3) is 0 Å². The predicted octanol–water partition coefficient (Wildman–Crippen LogP) is 4.57. The molecule has 24 heavy (non-hydrogen) atoms. The standard InChI is InChI=1S/C19H21ClO4/c1-13(21)17-15(20)12-16(22-2)18(19(17)23-3)24-11-7-10-14-8-5-4-6-9-14/h4-6,8-9,12H,7,10-11H2,1-3H3. The average Bonchev–Trinajstić information content (AvgIpc) is 2.59. The van der Waals surface area contributed by atoms with Gasteiger partial charge in [0.15, 0.2) is 17.3 Å². The summed E-state index contributed by atoms with van der Waals surface area (Å²) < 4.78 is 16.5. The molecule has 0 aliphatic rings. The van der Waals surface area contributed by atoms with Crippen molar-refractivity contribution >= 4 is 17.4 Å². The van der Waals surface area contributed by atoms with Crippen LogP contribution in [0.15, 0.2) is 36.4 Å². The summed E-state index contributed by atoms with van der Waals surface area (Å²) in [5, 5.41) is 0.285. The summed E-state index contributed by atoms with van der Waals surface area (Å²) in [5.74, 6) is 0.976. The molecule has 4 nitrogen and oxygen atoms in total. The number of benzene rings is 2. The van der Waals surface area contributed by atoms with Crippen LogP contribution in [-0.4, -0.2) is 26.6 Å². The Hall–Kier alpha value is -2.20. The van der Waals surface area contributed by atoms with Crippen molar-refractivity contribution in [2.75, 3.05) is 20.8 Å². The number of ether oxygens (including phenoxy) is 3. The molecule has 0 atom stereocenters. The first-order valence-corrected chi connectivity index (χ1v) is 8.08. The van der Waals surface area contributed by atoms with Gasteiger partial charge in [0, 0.05) is 6.07 Å². The predicted molar refractivity (Wildman–Crippen MR) is 94.8 cm³/mol. The summed E-state index contributed by atoms with van der Waals surface area (Å²) in [6.07, 6.45) is 1.73. The van der Waals surface area contributed by atoms with Crippen LogP contribution in [0.3, 0.4) is 0 Å². The number of carbonyl (C=O) groups excluding carboxylic acids is 1. The van der Waals surface area contributed by atoms with E-state index in [2.05, 4.69) is 12.1 Å². The van der Waals surface area contributed by atoms with E-state index in [9.17, 15) is 4.79 Å². The van der Waals surface area contributed by atoms with Gasteiger partial charge in [0.1, 0.15) is 0 Å². The number of hydrogen-bond donors (Lipinski definition) is 0. The summed E-state index contributed by atoms with van der Waals surface area (Å²) >= 11 is 6.16. The topological polar surface area (TPSA) is 44.8 Å². The molecule has 0 saturated heterocycles. The highest BCUT2D eigenvalue weighted by Gasteiger charge is 2.23. The fraction of sp³-hybridized carbons (Fsp3) is 0.316. The van der Waals surface area contributed by atoms with E-state index in [1.54, 1.807) is 6.07 Å². The van der Waals surface area contributed by atoms with Crippen molar-refractivity contribution in [3.8, 4) is 17.2 Å². The minimum atomic E-state index is -0.186. The number of halogens is 1. The lowest BCUT2D eigenvalue weighted by Crippen LogP contribution is -2.06. The number of aryl methyl sites for hydroxylation is 1. The summed E-state index contributed by atoms with van der Waals surface area (Å²) in [6, 6.07) is 11.8. The van der Waals surface area contributed by atoms with Crippen LogP contribution in [0.1, 0.15) is 29.3 Å². The number of carbonyl (C=O) groups is 1. The van der Waals surface area contributed by atoms with Gasteiger partial charge in [-0.25, -0.2) is 0 Å². The Morgan fingerprint density at radius 3 is 2.38 bits per heavy atom. The SMILES string of the molecule is COc1cc(Cl)c(C(C)=O)c(OC)c1OCCCc1ccccc1. The Morgan fingerprint density at radius 1 is 1.08 bits per heavy atom. The van der Waals surface area contributed by atoms with Gasteiger partial charge in [-0.05, 0) is 25.3 Å². The molecule has 0 N–H and O–H groups in total. The number of hydrogen-bond acceptors (Lipinski definition) is 4. The van der Waals surface area contributed by atoms with E-state index in [0.29, 0.717) is 29.4 Å². The Balaban J connectivity index is 2.15. The lowest BCUT2D eigenvalue weighted by atomic mass is 10.1. The molecular formula is C19H21ClO4. The molecule has 0 radical (unpaired) electrons. The minimum absolute atomic E-state index is 0.186. The van der Waals surface area contributed by atoms with Gasteiger partial charge >= 0.3 is 0 Å². The summed E-state index contributed by atoms with van der Waals surface area (Å²) in [7, 11) is 3.00. The van der Waals surface area contributed by atoms with Crippen LogP contribution in [0.2, 0.25) is 5.02 Å². The van der Waals surface area contributed by atoms with Gasteiger partial charge in [-0.2, -0.15) is 0 Å². The first-order valence-electron chi connectivity index (χ1n) is 7.70. The van der Waals surface area contributed by atoms with Crippen molar-refractivity contribution in [3.63, 3.8) is 0 Å². The maximum Gasteiger partial charge on any atom is 0.204 e. The van der Waals surface area contributed by atoms with E-state index in [4.69, 9.17) is 25.8 Å². The lowest BCUT2D eigenvalue weighted by molar-refractivity contribution is 0.101. The quantitative estimate of drug-likeness (QED) is 0.517. The van der Waals surface area contributed by atoms with Gasteiger partial charge in [-0.3, -0.25) is 4.79 Å². The summed E-state index contributed by atoms with van der Waals surface area (Å²) in [4.78, 5) is 11.9.